The van der Waals surface area contributed by atoms with Gasteiger partial charge in [0, 0.05) is 51.2 Å². The number of nitrogens with zero attached hydrogens (tertiary/aromatic N) is 8. The molecule has 0 aromatic carbocycles. The van der Waals surface area contributed by atoms with Crippen molar-refractivity contribution in [3.8, 4) is 11.4 Å². The monoisotopic (exact) mass is 468 g/mol. The molecule has 0 saturated carbocycles. The van der Waals surface area contributed by atoms with E-state index in [0.29, 0.717) is 44.0 Å². The van der Waals surface area contributed by atoms with E-state index in [1.807, 2.05) is 31.2 Å². The van der Waals surface area contributed by atoms with Crippen LogP contribution in [0.2, 0.25) is 0 Å². The fourth-order valence-electron chi connectivity index (χ4n) is 4.38. The second-order valence-corrected chi connectivity index (χ2v) is 9.33. The van der Waals surface area contributed by atoms with Gasteiger partial charge in [-0.15, -0.1) is 11.3 Å². The van der Waals surface area contributed by atoms with Crippen molar-refractivity contribution < 1.29 is 9.18 Å². The Labute approximate surface area is 195 Å². The van der Waals surface area contributed by atoms with E-state index in [0.717, 1.165) is 22.0 Å². The number of carbonyl (C=O) groups excluding carboxylic acids is 1. The second kappa shape index (κ2) is 8.54. The Balaban J connectivity index is 1.29. The molecule has 1 fully saturated rings. The standard InChI is InChI=1S/C22H25FN8OS/c1-14-11-26-28(3)21(14)17-10-20(16(23)12-24-17)29-6-8-30(9-7-29)22(32)31-19(4-5-25-31)18-13-33-15(2)27-18/h5,10-13,19H,4,6-9H2,1-3H3. The van der Waals surface area contributed by atoms with Crippen molar-refractivity contribution in [1.82, 2.24) is 29.7 Å². The molecule has 0 N–H and O–H groups in total. The molecular formula is C22H25FN8OS. The van der Waals surface area contributed by atoms with Crippen LogP contribution in [-0.4, -0.2) is 68.1 Å². The van der Waals surface area contributed by atoms with Crippen LogP contribution in [-0.2, 0) is 7.05 Å². The first-order valence-electron chi connectivity index (χ1n) is 10.8. The van der Waals surface area contributed by atoms with E-state index in [1.54, 1.807) is 39.4 Å². The number of anilines is 1. The average molecular weight is 469 g/mol. The maximum absolute atomic E-state index is 14.7. The molecule has 9 nitrogen and oxygen atoms in total. The maximum Gasteiger partial charge on any atom is 0.341 e. The van der Waals surface area contributed by atoms with Crippen LogP contribution in [0.1, 0.15) is 28.7 Å². The predicted octanol–water partition coefficient (Wildman–Crippen LogP) is 3.37. The van der Waals surface area contributed by atoms with Gasteiger partial charge in [0.05, 0.1) is 40.2 Å². The van der Waals surface area contributed by atoms with Crippen LogP contribution in [0.3, 0.4) is 0 Å². The maximum atomic E-state index is 14.7. The zero-order valence-corrected chi connectivity index (χ0v) is 19.6. The van der Waals surface area contributed by atoms with E-state index in [1.165, 1.54) is 11.2 Å². The summed E-state index contributed by atoms with van der Waals surface area (Å²) in [5.74, 6) is -0.374. The van der Waals surface area contributed by atoms with E-state index in [9.17, 15) is 9.18 Å². The Bertz CT molecular complexity index is 1190. The molecule has 0 aliphatic carbocycles. The van der Waals surface area contributed by atoms with Gasteiger partial charge in [-0.1, -0.05) is 0 Å². The number of carbonyl (C=O) groups is 1. The van der Waals surface area contributed by atoms with Gasteiger partial charge in [-0.2, -0.15) is 10.2 Å². The van der Waals surface area contributed by atoms with Crippen molar-refractivity contribution in [3.63, 3.8) is 0 Å². The zero-order chi connectivity index (χ0) is 23.1. The van der Waals surface area contributed by atoms with Crippen molar-refractivity contribution in [1.29, 1.82) is 0 Å². The van der Waals surface area contributed by atoms with Gasteiger partial charge < -0.3 is 9.80 Å². The van der Waals surface area contributed by atoms with Gasteiger partial charge in [0.1, 0.15) is 6.04 Å². The third-order valence-corrected chi connectivity index (χ3v) is 6.89. The van der Waals surface area contributed by atoms with Gasteiger partial charge in [0.2, 0.25) is 0 Å². The lowest BCUT2D eigenvalue weighted by Crippen LogP contribution is -2.52. The number of hydrazone groups is 1. The fraction of sp³-hybridized carbons (Fsp3) is 0.409. The molecule has 172 valence electrons. The van der Waals surface area contributed by atoms with Crippen LogP contribution >= 0.6 is 11.3 Å². The van der Waals surface area contributed by atoms with Crippen LogP contribution in [0.25, 0.3) is 11.4 Å². The second-order valence-electron chi connectivity index (χ2n) is 8.26. The summed E-state index contributed by atoms with van der Waals surface area (Å²) in [5.41, 5.74) is 3.88. The van der Waals surface area contributed by atoms with E-state index in [2.05, 4.69) is 20.2 Å². The van der Waals surface area contributed by atoms with Crippen LogP contribution in [0.4, 0.5) is 14.9 Å². The van der Waals surface area contributed by atoms with Crippen molar-refractivity contribution in [2.75, 3.05) is 31.1 Å². The van der Waals surface area contributed by atoms with Gasteiger partial charge in [-0.05, 0) is 25.5 Å². The molecule has 3 aromatic rings. The van der Waals surface area contributed by atoms with Crippen LogP contribution in [0.5, 0.6) is 0 Å². The molecule has 5 rings (SSSR count). The van der Waals surface area contributed by atoms with E-state index in [4.69, 9.17) is 0 Å². The minimum atomic E-state index is -0.374. The number of aromatic nitrogens is 4. The number of pyridine rings is 1. The normalized spacial score (nSPS) is 18.4. The number of urea groups is 1. The predicted molar refractivity (Wildman–Crippen MR) is 125 cm³/mol. The molecule has 3 aromatic heterocycles. The largest absolute Gasteiger partial charge is 0.366 e. The molecule has 0 radical (unpaired) electrons. The first kappa shape index (κ1) is 21.5. The summed E-state index contributed by atoms with van der Waals surface area (Å²) in [6, 6.07) is 1.46. The first-order valence-corrected chi connectivity index (χ1v) is 11.7. The van der Waals surface area contributed by atoms with Crippen LogP contribution in [0.15, 0.2) is 28.9 Å². The molecule has 2 aliphatic heterocycles. The lowest BCUT2D eigenvalue weighted by molar-refractivity contribution is 0.138. The molecule has 5 heterocycles. The summed E-state index contributed by atoms with van der Waals surface area (Å²) in [4.78, 5) is 25.7. The lowest BCUT2D eigenvalue weighted by atomic mass is 10.1. The summed E-state index contributed by atoms with van der Waals surface area (Å²) >= 11 is 1.57. The minimum absolute atomic E-state index is 0.138. The SMILES string of the molecule is Cc1nc(C2CC=NN2C(=O)N2CCN(c3cc(-c4c(C)cnn4C)ncc3F)CC2)cs1. The van der Waals surface area contributed by atoms with Gasteiger partial charge in [-0.25, -0.2) is 19.2 Å². The van der Waals surface area contributed by atoms with E-state index < -0.39 is 0 Å². The fourth-order valence-corrected chi connectivity index (χ4v) is 5.03. The van der Waals surface area contributed by atoms with Crippen LogP contribution in [0, 0.1) is 19.7 Å². The van der Waals surface area contributed by atoms with Crippen molar-refractivity contribution in [3.05, 3.63) is 45.9 Å². The number of aryl methyl sites for hydroxylation is 3. The Hall–Kier alpha value is -3.34. The Morgan fingerprint density at radius 2 is 1.97 bits per heavy atom. The lowest BCUT2D eigenvalue weighted by Gasteiger charge is -2.38. The molecule has 1 atom stereocenters. The van der Waals surface area contributed by atoms with Crippen molar-refractivity contribution >= 4 is 29.3 Å². The van der Waals surface area contributed by atoms with Gasteiger partial charge in [-0.3, -0.25) is 9.67 Å². The number of thiazole rings is 1. The average Bonchev–Trinajstić information content (AvgIpc) is 3.54. The van der Waals surface area contributed by atoms with E-state index >= 15 is 0 Å². The summed E-state index contributed by atoms with van der Waals surface area (Å²) < 4.78 is 16.4. The molecule has 0 spiro atoms. The summed E-state index contributed by atoms with van der Waals surface area (Å²) in [5, 5.41) is 13.1. The Morgan fingerprint density at radius 3 is 2.64 bits per heavy atom. The van der Waals surface area contributed by atoms with Crippen molar-refractivity contribution in [2.24, 2.45) is 12.1 Å². The highest BCUT2D eigenvalue weighted by molar-refractivity contribution is 7.09. The molecule has 1 unspecified atom stereocenters. The zero-order valence-electron chi connectivity index (χ0n) is 18.8. The van der Waals surface area contributed by atoms with E-state index in [-0.39, 0.29) is 17.9 Å². The van der Waals surface area contributed by atoms with Crippen molar-refractivity contribution in [2.45, 2.75) is 26.3 Å². The number of hydrogen-bond acceptors (Lipinski definition) is 7. The Kier molecular flexibility index (Phi) is 5.57. The first-order chi connectivity index (χ1) is 15.9. The van der Waals surface area contributed by atoms with Gasteiger partial charge >= 0.3 is 6.03 Å². The quantitative estimate of drug-likeness (QED) is 0.589. The molecule has 0 bridgehead atoms. The highest BCUT2D eigenvalue weighted by atomic mass is 32.1. The summed E-state index contributed by atoms with van der Waals surface area (Å²) in [7, 11) is 1.85. The molecule has 2 aliphatic rings. The van der Waals surface area contributed by atoms with Gasteiger partial charge in [0.15, 0.2) is 5.82 Å². The number of rotatable bonds is 3. The molecule has 11 heteroatoms. The molecule has 1 saturated heterocycles. The molecule has 33 heavy (non-hydrogen) atoms. The molecular weight excluding hydrogens is 443 g/mol. The highest BCUT2D eigenvalue weighted by Gasteiger charge is 2.34. The van der Waals surface area contributed by atoms with Gasteiger partial charge in [0.25, 0.3) is 0 Å². The third kappa shape index (κ3) is 3.97. The third-order valence-electron chi connectivity index (χ3n) is 6.09. The number of hydrogen-bond donors (Lipinski definition) is 0. The topological polar surface area (TPSA) is 82.8 Å². The summed E-state index contributed by atoms with van der Waals surface area (Å²) in [6.45, 7) is 5.92. The van der Waals surface area contributed by atoms with Crippen LogP contribution < -0.4 is 4.90 Å². The summed E-state index contributed by atoms with van der Waals surface area (Å²) in [6.07, 6.45) is 5.45. The minimum Gasteiger partial charge on any atom is -0.366 e. The highest BCUT2D eigenvalue weighted by Crippen LogP contribution is 2.31. The molecule has 2 amide bonds. The Morgan fingerprint density at radius 1 is 1.18 bits per heavy atom. The number of amides is 2. The smallest absolute Gasteiger partial charge is 0.341 e. The number of piperazine rings is 1. The number of halogens is 1.